The molecule has 2 aliphatic heterocycles. The van der Waals surface area contributed by atoms with Crippen LogP contribution in [0.15, 0.2) is 400 Å². The minimum Gasteiger partial charge on any atom is -0.457 e. The first kappa shape index (κ1) is 64.0. The van der Waals surface area contributed by atoms with Crippen molar-refractivity contribution in [2.24, 2.45) is 0 Å². The first-order valence-corrected chi connectivity index (χ1v) is 35.7. The lowest BCUT2D eigenvalue weighted by Crippen LogP contribution is -2.34. The quantitative estimate of drug-likeness (QED) is 0.113. The standard InChI is InChI=1S/C52H35N3O.C46H31N3O/c1-4-18-36(19-5-1)37-32-34-39(35-33-37)50-53-49(38-20-6-2-7-21-38)54-51(55-50)43-26-11-10-24-41(43)42-25-12-13-27-44(42)52(40-22-8-3-9-23-40)45-28-14-16-30-47(45)56-48-31-17-15-29-46(48)52;1-4-18-32(19-5-1)43-47-44(33-20-6-2-7-21-33)49-45(48-43)37-26-11-10-24-35(37)36-25-12-13-27-38(36)46(34-22-8-3-9-23-34)39-28-14-16-30-41(39)50-42-31-17-15-29-40(42)46/h1-35H;1-31H. The molecule has 0 fully saturated rings. The van der Waals surface area contributed by atoms with Crippen molar-refractivity contribution in [1.29, 1.82) is 0 Å². The molecular formula is C98H66N6O2. The van der Waals surface area contributed by atoms with Crippen LogP contribution in [0.3, 0.4) is 0 Å². The monoisotopic (exact) mass is 1360 g/mol. The van der Waals surface area contributed by atoms with E-state index in [1.165, 1.54) is 0 Å². The van der Waals surface area contributed by atoms with E-state index in [-0.39, 0.29) is 0 Å². The third-order valence-corrected chi connectivity index (χ3v) is 20.2. The molecule has 0 saturated heterocycles. The second kappa shape index (κ2) is 28.0. The first-order chi connectivity index (χ1) is 52.6. The Balaban J connectivity index is 0.000000151. The predicted molar refractivity (Wildman–Crippen MR) is 425 cm³/mol. The van der Waals surface area contributed by atoms with Crippen LogP contribution in [0.25, 0.3) is 102 Å². The number of nitrogens with zero attached hydrogens (tertiary/aromatic N) is 6. The van der Waals surface area contributed by atoms with Gasteiger partial charge in [0.25, 0.3) is 0 Å². The van der Waals surface area contributed by atoms with Gasteiger partial charge in [0.2, 0.25) is 0 Å². The van der Waals surface area contributed by atoms with Crippen molar-refractivity contribution in [2.75, 3.05) is 0 Å². The van der Waals surface area contributed by atoms with Crippen LogP contribution in [0.5, 0.6) is 23.0 Å². The molecule has 15 aromatic carbocycles. The van der Waals surface area contributed by atoms with Crippen LogP contribution in [0.4, 0.5) is 0 Å². The van der Waals surface area contributed by atoms with Crippen molar-refractivity contribution in [1.82, 2.24) is 29.9 Å². The number of hydrogen-bond donors (Lipinski definition) is 0. The summed E-state index contributed by atoms with van der Waals surface area (Å²) in [5.74, 6) is 7.08. The fourth-order valence-corrected chi connectivity index (χ4v) is 15.5. The molecule has 0 saturated carbocycles. The largest absolute Gasteiger partial charge is 0.457 e. The maximum atomic E-state index is 6.63. The van der Waals surface area contributed by atoms with E-state index in [1.54, 1.807) is 0 Å². The molecule has 8 heteroatoms. The second-order valence-electron chi connectivity index (χ2n) is 26.3. The highest BCUT2D eigenvalue weighted by molar-refractivity contribution is 5.89. The van der Waals surface area contributed by atoms with Crippen LogP contribution in [0.2, 0.25) is 0 Å². The minimum atomic E-state index is -0.698. The van der Waals surface area contributed by atoms with Gasteiger partial charge in [-0.05, 0) is 79.9 Å². The number of para-hydroxylation sites is 4. The Bertz CT molecular complexity index is 5870. The van der Waals surface area contributed by atoms with Gasteiger partial charge in [-0.25, -0.2) is 29.9 Å². The van der Waals surface area contributed by atoms with Crippen molar-refractivity contribution in [2.45, 2.75) is 10.8 Å². The van der Waals surface area contributed by atoms with E-state index >= 15 is 0 Å². The molecule has 17 aromatic rings. The van der Waals surface area contributed by atoms with Crippen LogP contribution in [0, 0.1) is 0 Å². The molecule has 0 bridgehead atoms. The molecule has 4 heterocycles. The summed E-state index contributed by atoms with van der Waals surface area (Å²) in [6.07, 6.45) is 0. The predicted octanol–water partition coefficient (Wildman–Crippen LogP) is 23.7. The van der Waals surface area contributed by atoms with Gasteiger partial charge in [-0.2, -0.15) is 0 Å². The summed E-state index contributed by atoms with van der Waals surface area (Å²) in [5.41, 5.74) is 19.6. The third-order valence-electron chi connectivity index (χ3n) is 20.2. The Hall–Kier alpha value is -14.1. The molecule has 2 aliphatic rings. The van der Waals surface area contributed by atoms with Crippen LogP contribution < -0.4 is 9.47 Å². The highest BCUT2D eigenvalue weighted by Crippen LogP contribution is 2.59. The number of rotatable bonds is 13. The van der Waals surface area contributed by atoms with E-state index in [2.05, 4.69) is 279 Å². The van der Waals surface area contributed by atoms with Crippen LogP contribution >= 0.6 is 0 Å². The van der Waals surface area contributed by atoms with Gasteiger partial charge in [-0.15, -0.1) is 0 Å². The van der Waals surface area contributed by atoms with Gasteiger partial charge in [0.15, 0.2) is 34.9 Å². The van der Waals surface area contributed by atoms with Crippen LogP contribution in [0.1, 0.15) is 44.5 Å². The molecule has 0 spiro atoms. The summed E-state index contributed by atoms with van der Waals surface area (Å²) in [7, 11) is 0. The van der Waals surface area contributed by atoms with Crippen molar-refractivity contribution in [3.63, 3.8) is 0 Å². The summed E-state index contributed by atoms with van der Waals surface area (Å²) in [6, 6.07) is 139. The van der Waals surface area contributed by atoms with E-state index in [1.807, 2.05) is 121 Å². The Kier molecular flexibility index (Phi) is 16.9. The molecule has 0 amide bonds. The molecule has 0 N–H and O–H groups in total. The minimum absolute atomic E-state index is 0.605. The molecule has 0 aliphatic carbocycles. The van der Waals surface area contributed by atoms with E-state index in [9.17, 15) is 0 Å². The fraction of sp³-hybridized carbons (Fsp3) is 0.0204. The lowest BCUT2D eigenvalue weighted by molar-refractivity contribution is 0.434. The lowest BCUT2D eigenvalue weighted by atomic mass is 9.62. The topological polar surface area (TPSA) is 95.8 Å². The number of benzene rings is 15. The zero-order valence-corrected chi connectivity index (χ0v) is 57.6. The Morgan fingerprint density at radius 3 is 0.679 bits per heavy atom. The molecule has 19 rings (SSSR count). The van der Waals surface area contributed by atoms with Gasteiger partial charge in [0.05, 0.1) is 10.8 Å². The van der Waals surface area contributed by atoms with Gasteiger partial charge < -0.3 is 9.47 Å². The van der Waals surface area contributed by atoms with E-state index in [0.29, 0.717) is 34.9 Å². The number of ether oxygens (including phenoxy) is 2. The Labute approximate surface area is 616 Å². The van der Waals surface area contributed by atoms with Gasteiger partial charge in [-0.3, -0.25) is 0 Å². The maximum Gasteiger partial charge on any atom is 0.164 e. The highest BCUT2D eigenvalue weighted by Gasteiger charge is 2.48. The Morgan fingerprint density at radius 2 is 0.358 bits per heavy atom. The lowest BCUT2D eigenvalue weighted by Gasteiger charge is -2.42. The molecule has 8 nitrogen and oxygen atoms in total. The second-order valence-corrected chi connectivity index (χ2v) is 26.3. The molecule has 0 unspecified atom stereocenters. The van der Waals surface area contributed by atoms with Gasteiger partial charge >= 0.3 is 0 Å². The zero-order valence-electron chi connectivity index (χ0n) is 57.6. The maximum absolute atomic E-state index is 6.63. The molecule has 106 heavy (non-hydrogen) atoms. The summed E-state index contributed by atoms with van der Waals surface area (Å²) in [5, 5.41) is 0. The van der Waals surface area contributed by atoms with Crippen molar-refractivity contribution < 1.29 is 9.47 Å². The van der Waals surface area contributed by atoms with Gasteiger partial charge in [-0.1, -0.05) is 376 Å². The molecule has 500 valence electrons. The van der Waals surface area contributed by atoms with Gasteiger partial charge in [0.1, 0.15) is 23.0 Å². The Morgan fingerprint density at radius 1 is 0.151 bits per heavy atom. The van der Waals surface area contributed by atoms with Gasteiger partial charge in [0, 0.05) is 55.6 Å². The zero-order chi connectivity index (χ0) is 70.6. The van der Waals surface area contributed by atoms with Crippen molar-refractivity contribution >= 4 is 0 Å². The van der Waals surface area contributed by atoms with Crippen LogP contribution in [-0.2, 0) is 10.8 Å². The molecule has 2 aromatic heterocycles. The first-order valence-electron chi connectivity index (χ1n) is 35.7. The third kappa shape index (κ3) is 11.6. The molecule has 0 atom stereocenters. The van der Waals surface area contributed by atoms with Crippen molar-refractivity contribution in [3.8, 4) is 125 Å². The fourth-order valence-electron chi connectivity index (χ4n) is 15.5. The summed E-state index contributed by atoms with van der Waals surface area (Å²) >= 11 is 0. The number of aromatic nitrogens is 6. The van der Waals surface area contributed by atoms with E-state index < -0.39 is 10.8 Å². The average molecular weight is 1360 g/mol. The van der Waals surface area contributed by atoms with E-state index in [0.717, 1.165) is 134 Å². The smallest absolute Gasteiger partial charge is 0.164 e. The molecule has 0 radical (unpaired) electrons. The summed E-state index contributed by atoms with van der Waals surface area (Å²) < 4.78 is 13.2. The number of hydrogen-bond acceptors (Lipinski definition) is 8. The summed E-state index contributed by atoms with van der Waals surface area (Å²) in [6.45, 7) is 0. The SMILES string of the molecule is c1ccc(-c2ccc(-c3nc(-c4ccccc4)nc(-c4ccccc4-c4ccccc4C4(c5ccccc5)c5ccccc5Oc5ccccc54)n3)cc2)cc1.c1ccc(-c2nc(-c3ccccc3)nc(-c3ccccc3-c3ccccc3C3(c4ccccc4)c4ccccc4Oc4ccccc43)n2)cc1. The summed E-state index contributed by atoms with van der Waals surface area (Å²) in [4.78, 5) is 30.7. The van der Waals surface area contributed by atoms with E-state index in [4.69, 9.17) is 39.4 Å². The average Bonchev–Trinajstić information content (AvgIpc) is 0.707. The normalized spacial score (nSPS) is 12.6. The van der Waals surface area contributed by atoms with Crippen molar-refractivity contribution in [3.05, 3.63) is 445 Å². The van der Waals surface area contributed by atoms with Crippen LogP contribution in [-0.4, -0.2) is 29.9 Å². The number of fused-ring (bicyclic) bond motifs is 4. The molecular weight excluding hydrogens is 1290 g/mol. The highest BCUT2D eigenvalue weighted by atomic mass is 16.5.